The third kappa shape index (κ3) is 3.64. The van der Waals surface area contributed by atoms with Gasteiger partial charge in [-0.05, 0) is 55.0 Å². The van der Waals surface area contributed by atoms with E-state index in [1.165, 1.54) is 18.2 Å². The number of aromatic nitrogens is 1. The van der Waals surface area contributed by atoms with Crippen molar-refractivity contribution < 1.29 is 9.31 Å². The third-order valence-corrected chi connectivity index (χ3v) is 5.71. The molecule has 2 aromatic carbocycles. The standard InChI is InChI=1S/C21H19ClFN3O2/c22-18-13-16(26(27)28)4-6-20(18)25-10-7-14(8-11-25)12-15-3-5-19(23)17-2-1-9-24-21(15)17/h1-6,9,13-14H,7-8,10-12H2. The Hall–Kier alpha value is -2.73. The summed E-state index contributed by atoms with van der Waals surface area (Å²) in [6, 6.07) is 11.5. The molecule has 4 rings (SSSR count). The van der Waals surface area contributed by atoms with E-state index in [9.17, 15) is 14.5 Å². The number of nitrogens with zero attached hydrogens (tertiary/aromatic N) is 3. The minimum atomic E-state index is -0.442. The Kier molecular flexibility index (Phi) is 5.13. The first-order valence-electron chi connectivity index (χ1n) is 9.24. The molecular formula is C21H19ClFN3O2. The average molecular weight is 400 g/mol. The molecule has 0 N–H and O–H groups in total. The van der Waals surface area contributed by atoms with Crippen LogP contribution in [-0.4, -0.2) is 23.0 Å². The van der Waals surface area contributed by atoms with Crippen LogP contribution in [0, 0.1) is 21.8 Å². The molecular weight excluding hydrogens is 381 g/mol. The molecule has 0 spiro atoms. The van der Waals surface area contributed by atoms with Crippen molar-refractivity contribution in [2.75, 3.05) is 18.0 Å². The number of nitro benzene ring substituents is 1. The molecule has 0 radical (unpaired) electrons. The number of nitro groups is 1. The summed E-state index contributed by atoms with van der Waals surface area (Å²) in [6.07, 6.45) is 4.50. The van der Waals surface area contributed by atoms with Crippen LogP contribution in [-0.2, 0) is 6.42 Å². The first-order valence-corrected chi connectivity index (χ1v) is 9.61. The summed E-state index contributed by atoms with van der Waals surface area (Å²) < 4.78 is 14.0. The van der Waals surface area contributed by atoms with E-state index in [2.05, 4.69) is 9.88 Å². The Morgan fingerprint density at radius 3 is 2.71 bits per heavy atom. The van der Waals surface area contributed by atoms with Crippen molar-refractivity contribution in [2.45, 2.75) is 19.3 Å². The van der Waals surface area contributed by atoms with Crippen LogP contribution in [0.2, 0.25) is 5.02 Å². The number of rotatable bonds is 4. The fraction of sp³-hybridized carbons (Fsp3) is 0.286. The minimum Gasteiger partial charge on any atom is -0.370 e. The molecule has 144 valence electrons. The Morgan fingerprint density at radius 1 is 1.21 bits per heavy atom. The smallest absolute Gasteiger partial charge is 0.271 e. The van der Waals surface area contributed by atoms with E-state index in [0.29, 0.717) is 16.3 Å². The first-order chi connectivity index (χ1) is 13.5. The SMILES string of the molecule is O=[N+]([O-])c1ccc(N2CCC(Cc3ccc(F)c4cccnc34)CC2)c(Cl)c1. The molecule has 1 aromatic heterocycles. The largest absolute Gasteiger partial charge is 0.370 e. The van der Waals surface area contributed by atoms with Crippen LogP contribution in [0.4, 0.5) is 15.8 Å². The number of non-ortho nitro benzene ring substituents is 1. The number of anilines is 1. The van der Waals surface area contributed by atoms with E-state index in [4.69, 9.17) is 11.6 Å². The second-order valence-electron chi connectivity index (χ2n) is 7.13. The predicted octanol–water partition coefficient (Wildman–Crippen LogP) is 5.39. The molecule has 2 heterocycles. The molecule has 1 saturated heterocycles. The van der Waals surface area contributed by atoms with E-state index >= 15 is 0 Å². The Bertz CT molecular complexity index is 1040. The summed E-state index contributed by atoms with van der Waals surface area (Å²) in [6.45, 7) is 1.66. The highest BCUT2D eigenvalue weighted by Gasteiger charge is 2.23. The highest BCUT2D eigenvalue weighted by atomic mass is 35.5. The lowest BCUT2D eigenvalue weighted by Crippen LogP contribution is -2.34. The lowest BCUT2D eigenvalue weighted by molar-refractivity contribution is -0.384. The summed E-state index contributed by atoms with van der Waals surface area (Å²) in [5, 5.41) is 11.8. The summed E-state index contributed by atoms with van der Waals surface area (Å²) in [5.41, 5.74) is 2.64. The Labute approximate surface area is 166 Å². The lowest BCUT2D eigenvalue weighted by atomic mass is 9.89. The molecule has 28 heavy (non-hydrogen) atoms. The maximum absolute atomic E-state index is 14.0. The quantitative estimate of drug-likeness (QED) is 0.435. The third-order valence-electron chi connectivity index (χ3n) is 5.41. The first kappa shape index (κ1) is 18.6. The van der Waals surface area contributed by atoms with Gasteiger partial charge in [-0.25, -0.2) is 4.39 Å². The summed E-state index contributed by atoms with van der Waals surface area (Å²) in [7, 11) is 0. The lowest BCUT2D eigenvalue weighted by Gasteiger charge is -2.34. The van der Waals surface area contributed by atoms with Crippen LogP contribution in [0.15, 0.2) is 48.7 Å². The molecule has 1 aliphatic heterocycles. The van der Waals surface area contributed by atoms with Gasteiger partial charge in [-0.15, -0.1) is 0 Å². The maximum Gasteiger partial charge on any atom is 0.271 e. The van der Waals surface area contributed by atoms with E-state index in [-0.39, 0.29) is 11.5 Å². The molecule has 1 aliphatic rings. The van der Waals surface area contributed by atoms with Crippen LogP contribution in [0.1, 0.15) is 18.4 Å². The second kappa shape index (κ2) is 7.72. The van der Waals surface area contributed by atoms with Gasteiger partial charge in [-0.3, -0.25) is 15.1 Å². The molecule has 0 atom stereocenters. The molecule has 0 amide bonds. The number of fused-ring (bicyclic) bond motifs is 1. The van der Waals surface area contributed by atoms with E-state index in [0.717, 1.165) is 49.1 Å². The van der Waals surface area contributed by atoms with Gasteiger partial charge in [0.1, 0.15) is 5.82 Å². The number of hydrogen-bond acceptors (Lipinski definition) is 4. The molecule has 1 fully saturated rings. The van der Waals surface area contributed by atoms with Crippen LogP contribution in [0.25, 0.3) is 10.9 Å². The highest BCUT2D eigenvalue weighted by Crippen LogP contribution is 2.33. The zero-order valence-electron chi connectivity index (χ0n) is 15.1. The van der Waals surface area contributed by atoms with Gasteiger partial charge in [0.05, 0.1) is 21.2 Å². The van der Waals surface area contributed by atoms with Gasteiger partial charge in [0, 0.05) is 36.8 Å². The molecule has 3 aromatic rings. The minimum absolute atomic E-state index is 0.000626. The van der Waals surface area contributed by atoms with Crippen LogP contribution in [0.3, 0.4) is 0 Å². The Morgan fingerprint density at radius 2 is 2.00 bits per heavy atom. The summed E-state index contributed by atoms with van der Waals surface area (Å²) in [4.78, 5) is 17.0. The molecule has 0 saturated carbocycles. The van der Waals surface area contributed by atoms with Gasteiger partial charge in [-0.1, -0.05) is 17.7 Å². The van der Waals surface area contributed by atoms with Crippen molar-refractivity contribution in [3.05, 3.63) is 75.2 Å². The average Bonchev–Trinajstić information content (AvgIpc) is 2.71. The summed E-state index contributed by atoms with van der Waals surface area (Å²) in [5.74, 6) is 0.234. The molecule has 7 heteroatoms. The van der Waals surface area contributed by atoms with Gasteiger partial charge < -0.3 is 4.90 Å². The van der Waals surface area contributed by atoms with E-state index < -0.39 is 4.92 Å². The van der Waals surface area contributed by atoms with Gasteiger partial charge >= 0.3 is 0 Å². The van der Waals surface area contributed by atoms with Crippen LogP contribution >= 0.6 is 11.6 Å². The summed E-state index contributed by atoms with van der Waals surface area (Å²) >= 11 is 6.26. The van der Waals surface area contributed by atoms with Crippen LogP contribution in [0.5, 0.6) is 0 Å². The van der Waals surface area contributed by atoms with Crippen molar-refractivity contribution in [2.24, 2.45) is 5.92 Å². The fourth-order valence-electron chi connectivity index (χ4n) is 3.92. The Balaban J connectivity index is 1.45. The molecule has 0 aliphatic carbocycles. The number of hydrogen-bond donors (Lipinski definition) is 0. The molecule has 0 bridgehead atoms. The van der Waals surface area contributed by atoms with Crippen molar-refractivity contribution in [3.8, 4) is 0 Å². The maximum atomic E-state index is 14.0. The van der Waals surface area contributed by atoms with Crippen molar-refractivity contribution in [1.82, 2.24) is 4.98 Å². The van der Waals surface area contributed by atoms with Crippen LogP contribution < -0.4 is 4.90 Å². The predicted molar refractivity (Wildman–Crippen MR) is 108 cm³/mol. The fourth-order valence-corrected chi connectivity index (χ4v) is 4.21. The number of piperidine rings is 1. The van der Waals surface area contributed by atoms with Crippen molar-refractivity contribution in [1.29, 1.82) is 0 Å². The zero-order valence-corrected chi connectivity index (χ0v) is 15.9. The van der Waals surface area contributed by atoms with Gasteiger partial charge in [0.15, 0.2) is 0 Å². The van der Waals surface area contributed by atoms with Gasteiger partial charge in [-0.2, -0.15) is 0 Å². The van der Waals surface area contributed by atoms with Gasteiger partial charge in [0.25, 0.3) is 5.69 Å². The monoisotopic (exact) mass is 399 g/mol. The zero-order chi connectivity index (χ0) is 19.7. The highest BCUT2D eigenvalue weighted by molar-refractivity contribution is 6.33. The van der Waals surface area contributed by atoms with E-state index in [1.54, 1.807) is 24.4 Å². The molecule has 5 nitrogen and oxygen atoms in total. The van der Waals surface area contributed by atoms with Gasteiger partial charge in [0.2, 0.25) is 0 Å². The normalized spacial score (nSPS) is 15.1. The van der Waals surface area contributed by atoms with E-state index in [1.807, 2.05) is 6.07 Å². The van der Waals surface area contributed by atoms with Crippen molar-refractivity contribution >= 4 is 33.9 Å². The number of pyridine rings is 1. The molecule has 0 unspecified atom stereocenters. The van der Waals surface area contributed by atoms with Crippen molar-refractivity contribution in [3.63, 3.8) is 0 Å². The number of benzene rings is 2. The topological polar surface area (TPSA) is 59.3 Å². The second-order valence-corrected chi connectivity index (χ2v) is 7.54. The number of halogens is 2.